The summed E-state index contributed by atoms with van der Waals surface area (Å²) < 4.78 is 3.73. The van der Waals surface area contributed by atoms with Crippen LogP contribution in [0.1, 0.15) is 50.6 Å². The van der Waals surface area contributed by atoms with Crippen LogP contribution in [0.2, 0.25) is 0 Å². The van der Waals surface area contributed by atoms with E-state index in [0.717, 1.165) is 64.1 Å². The summed E-state index contributed by atoms with van der Waals surface area (Å²) >= 11 is 2.99. The molecule has 7 heteroatoms. The quantitative estimate of drug-likeness (QED) is 0.214. The van der Waals surface area contributed by atoms with E-state index < -0.39 is 0 Å². The highest BCUT2D eigenvalue weighted by atomic mass is 32.2. The van der Waals surface area contributed by atoms with Gasteiger partial charge in [0.2, 0.25) is 0 Å². The molecule has 0 radical (unpaired) electrons. The van der Waals surface area contributed by atoms with Gasteiger partial charge in [-0.05, 0) is 70.2 Å². The Bertz CT molecular complexity index is 1440. The molecule has 4 aromatic rings. The molecule has 5 rings (SSSR count). The highest BCUT2D eigenvalue weighted by molar-refractivity contribution is 7.99. The van der Waals surface area contributed by atoms with E-state index >= 15 is 0 Å². The Morgan fingerprint density at radius 2 is 1.85 bits per heavy atom. The lowest BCUT2D eigenvalue weighted by Gasteiger charge is -2.14. The highest BCUT2D eigenvalue weighted by Crippen LogP contribution is 2.35. The molecule has 3 aromatic heterocycles. The van der Waals surface area contributed by atoms with Crippen LogP contribution in [0.4, 0.5) is 0 Å². The van der Waals surface area contributed by atoms with E-state index in [2.05, 4.69) is 0 Å². The van der Waals surface area contributed by atoms with E-state index in [0.29, 0.717) is 5.16 Å². The first-order chi connectivity index (χ1) is 15.8. The molecule has 0 bridgehead atoms. The van der Waals surface area contributed by atoms with Crippen LogP contribution in [0.5, 0.6) is 0 Å². The van der Waals surface area contributed by atoms with E-state index in [-0.39, 0.29) is 17.1 Å². The van der Waals surface area contributed by atoms with Crippen LogP contribution in [0, 0.1) is 20.8 Å². The van der Waals surface area contributed by atoms with Crippen molar-refractivity contribution in [2.75, 3.05) is 5.75 Å². The van der Waals surface area contributed by atoms with Crippen LogP contribution in [0.25, 0.3) is 15.9 Å². The summed E-state index contributed by atoms with van der Waals surface area (Å²) in [6, 6.07) is 9.87. The summed E-state index contributed by atoms with van der Waals surface area (Å²) in [5.41, 5.74) is 5.84. The number of rotatable bonds is 5. The molecule has 0 saturated heterocycles. The lowest BCUT2D eigenvalue weighted by atomic mass is 9.97. The van der Waals surface area contributed by atoms with Gasteiger partial charge in [-0.3, -0.25) is 14.2 Å². The Labute approximate surface area is 201 Å². The van der Waals surface area contributed by atoms with Gasteiger partial charge in [-0.15, -0.1) is 11.3 Å². The Balaban J connectivity index is 1.60. The molecule has 0 N–H and O–H groups in total. The summed E-state index contributed by atoms with van der Waals surface area (Å²) in [5.74, 6) is 0.288. The first-order valence-electron chi connectivity index (χ1n) is 11.3. The number of aromatic nitrogens is 3. The molecule has 5 nitrogen and oxygen atoms in total. The minimum atomic E-state index is -0.0232. The Morgan fingerprint density at radius 1 is 1.12 bits per heavy atom. The third kappa shape index (κ3) is 3.87. The first kappa shape index (κ1) is 22.2. The number of hydrogen-bond acceptors (Lipinski definition) is 5. The summed E-state index contributed by atoms with van der Waals surface area (Å²) in [6.07, 6.45) is 4.24. The van der Waals surface area contributed by atoms with Gasteiger partial charge >= 0.3 is 0 Å². The van der Waals surface area contributed by atoms with Crippen LogP contribution in [0.15, 0.2) is 40.3 Å². The molecule has 0 spiro atoms. The number of Topliss-reactive ketones (excluding diaryl/α,β-unsaturated/α-hetero) is 1. The van der Waals surface area contributed by atoms with Crippen LogP contribution < -0.4 is 5.56 Å². The second-order valence-corrected chi connectivity index (χ2v) is 10.8. The molecular formula is C26H27N3O2S2. The third-order valence-corrected chi connectivity index (χ3v) is 8.78. The predicted octanol–water partition coefficient (Wildman–Crippen LogP) is 5.56. The van der Waals surface area contributed by atoms with E-state index in [1.807, 2.05) is 62.7 Å². The van der Waals surface area contributed by atoms with Gasteiger partial charge in [-0.2, -0.15) is 0 Å². The summed E-state index contributed by atoms with van der Waals surface area (Å²) in [4.78, 5) is 33.9. The van der Waals surface area contributed by atoms with Crippen LogP contribution >= 0.6 is 23.1 Å². The first-order valence-corrected chi connectivity index (χ1v) is 13.1. The van der Waals surface area contributed by atoms with Crippen LogP contribution in [-0.2, 0) is 19.9 Å². The van der Waals surface area contributed by atoms with Crippen molar-refractivity contribution in [3.05, 3.63) is 73.6 Å². The second-order valence-electron chi connectivity index (χ2n) is 8.82. The number of thioether (sulfide) groups is 1. The fraction of sp³-hybridized carbons (Fsp3) is 0.346. The molecule has 1 aromatic carbocycles. The van der Waals surface area contributed by atoms with Crippen molar-refractivity contribution >= 4 is 39.1 Å². The van der Waals surface area contributed by atoms with Crippen molar-refractivity contribution < 1.29 is 4.79 Å². The molecule has 1 aliphatic carbocycles. The van der Waals surface area contributed by atoms with Crippen molar-refractivity contribution in [1.29, 1.82) is 0 Å². The average Bonchev–Trinajstić information content (AvgIpc) is 3.31. The van der Waals surface area contributed by atoms with Gasteiger partial charge in [-0.1, -0.05) is 29.5 Å². The van der Waals surface area contributed by atoms with E-state index in [4.69, 9.17) is 4.98 Å². The zero-order chi connectivity index (χ0) is 23.3. The smallest absolute Gasteiger partial charge is 0.267 e. The van der Waals surface area contributed by atoms with E-state index in [1.54, 1.807) is 15.9 Å². The maximum atomic E-state index is 13.8. The van der Waals surface area contributed by atoms with E-state index in [9.17, 15) is 9.59 Å². The number of aryl methyl sites for hydroxylation is 4. The molecule has 1 aliphatic rings. The summed E-state index contributed by atoms with van der Waals surface area (Å²) in [5, 5.41) is 1.34. The van der Waals surface area contributed by atoms with Gasteiger partial charge in [0.1, 0.15) is 4.83 Å². The van der Waals surface area contributed by atoms with Crippen LogP contribution in [-0.4, -0.2) is 25.7 Å². The Hall–Kier alpha value is -2.64. The van der Waals surface area contributed by atoms with Gasteiger partial charge < -0.3 is 4.57 Å². The lowest BCUT2D eigenvalue weighted by Crippen LogP contribution is -2.22. The number of ketones is 1. The fourth-order valence-corrected chi connectivity index (χ4v) is 6.75. The fourth-order valence-electron chi connectivity index (χ4n) is 4.55. The van der Waals surface area contributed by atoms with Gasteiger partial charge in [0, 0.05) is 28.9 Å². The highest BCUT2D eigenvalue weighted by Gasteiger charge is 2.24. The lowest BCUT2D eigenvalue weighted by molar-refractivity contribution is 0.102. The molecule has 170 valence electrons. The number of nitrogens with zero attached hydrogens (tertiary/aromatic N) is 3. The maximum Gasteiger partial charge on any atom is 0.267 e. The molecular weight excluding hydrogens is 450 g/mol. The standard InChI is InChI=1S/C26H27N3O2S2/c1-15-9-11-18(12-10-15)29-25(31)23-19-7-5-6-8-22(19)33-24(23)27-26(29)32-14-21(30)20-13-16(2)28(4)17(20)3/h9-13H,5-8,14H2,1-4H3. The molecule has 0 saturated carbocycles. The summed E-state index contributed by atoms with van der Waals surface area (Å²) in [6.45, 7) is 6.00. The van der Waals surface area contributed by atoms with Gasteiger partial charge in [0.05, 0.1) is 16.8 Å². The van der Waals surface area contributed by atoms with Crippen molar-refractivity contribution in [2.24, 2.45) is 7.05 Å². The monoisotopic (exact) mass is 477 g/mol. The average molecular weight is 478 g/mol. The number of carbonyl (C=O) groups is 1. The largest absolute Gasteiger partial charge is 0.351 e. The normalized spacial score (nSPS) is 13.5. The topological polar surface area (TPSA) is 56.9 Å². The molecule has 0 aliphatic heterocycles. The number of thiophene rings is 1. The molecule has 0 atom stereocenters. The minimum absolute atomic E-state index is 0.0232. The van der Waals surface area contributed by atoms with Gasteiger partial charge in [0.25, 0.3) is 5.56 Å². The second kappa shape index (κ2) is 8.61. The molecule has 3 heterocycles. The number of fused-ring (bicyclic) bond motifs is 3. The number of benzene rings is 1. The minimum Gasteiger partial charge on any atom is -0.351 e. The molecule has 0 unspecified atom stereocenters. The maximum absolute atomic E-state index is 13.8. The number of hydrogen-bond donors (Lipinski definition) is 0. The molecule has 0 fully saturated rings. The van der Waals surface area contributed by atoms with Crippen molar-refractivity contribution in [3.63, 3.8) is 0 Å². The molecule has 33 heavy (non-hydrogen) atoms. The number of carbonyl (C=O) groups excluding carboxylic acids is 1. The van der Waals surface area contributed by atoms with E-state index in [1.165, 1.54) is 22.2 Å². The SMILES string of the molecule is Cc1ccc(-n2c(SCC(=O)c3cc(C)n(C)c3C)nc3sc4c(c3c2=O)CCCC4)cc1. The summed E-state index contributed by atoms with van der Waals surface area (Å²) in [7, 11) is 1.97. The van der Waals surface area contributed by atoms with Gasteiger partial charge in [-0.25, -0.2) is 4.98 Å². The van der Waals surface area contributed by atoms with Crippen molar-refractivity contribution in [1.82, 2.24) is 14.1 Å². The molecule has 0 amide bonds. The zero-order valence-corrected chi connectivity index (χ0v) is 21.0. The Kier molecular flexibility index (Phi) is 5.79. The van der Waals surface area contributed by atoms with Crippen molar-refractivity contribution in [2.45, 2.75) is 51.6 Å². The van der Waals surface area contributed by atoms with Crippen molar-refractivity contribution in [3.8, 4) is 5.69 Å². The van der Waals surface area contributed by atoms with Crippen LogP contribution in [0.3, 0.4) is 0 Å². The third-order valence-electron chi connectivity index (χ3n) is 6.66. The predicted molar refractivity (Wildman–Crippen MR) is 137 cm³/mol. The van der Waals surface area contributed by atoms with Gasteiger partial charge in [0.15, 0.2) is 10.9 Å². The zero-order valence-electron chi connectivity index (χ0n) is 19.4. The Morgan fingerprint density at radius 3 is 2.55 bits per heavy atom.